The van der Waals surface area contributed by atoms with Gasteiger partial charge in [-0.3, -0.25) is 4.79 Å². The van der Waals surface area contributed by atoms with Crippen LogP contribution in [-0.4, -0.2) is 21.5 Å². The molecular formula is C19H12BrFN2O2S. The second kappa shape index (κ2) is 6.81. The molecule has 0 atom stereocenters. The number of carbonyl (C=O) groups is 1. The van der Waals surface area contributed by atoms with E-state index in [1.807, 2.05) is 12.1 Å². The molecule has 0 bridgehead atoms. The first-order valence-corrected chi connectivity index (χ1v) is 9.58. The molecule has 2 aromatic carbocycles. The number of thioether (sulfide) groups is 1. The third kappa shape index (κ3) is 3.12. The quantitative estimate of drug-likeness (QED) is 0.313. The summed E-state index contributed by atoms with van der Waals surface area (Å²) in [5.74, 6) is -0.216. The van der Waals surface area contributed by atoms with Gasteiger partial charge in [-0.15, -0.1) is 0 Å². The number of rotatable bonds is 4. The molecule has 0 saturated heterocycles. The van der Waals surface area contributed by atoms with Gasteiger partial charge in [0.2, 0.25) is 0 Å². The highest BCUT2D eigenvalue weighted by Gasteiger charge is 2.17. The molecule has 0 aliphatic carbocycles. The number of fused-ring (bicyclic) bond motifs is 3. The van der Waals surface area contributed by atoms with Crippen molar-refractivity contribution in [1.82, 2.24) is 9.97 Å². The van der Waals surface area contributed by atoms with Crippen LogP contribution in [0.1, 0.15) is 16.1 Å². The van der Waals surface area contributed by atoms with Gasteiger partial charge in [0.1, 0.15) is 16.9 Å². The predicted molar refractivity (Wildman–Crippen MR) is 103 cm³/mol. The molecule has 0 aliphatic rings. The van der Waals surface area contributed by atoms with Gasteiger partial charge in [0.25, 0.3) is 5.22 Å². The molecule has 7 heteroatoms. The molecule has 0 fully saturated rings. The molecule has 0 radical (unpaired) electrons. The van der Waals surface area contributed by atoms with Crippen LogP contribution in [0.4, 0.5) is 4.39 Å². The van der Waals surface area contributed by atoms with Crippen molar-refractivity contribution in [1.29, 1.82) is 0 Å². The van der Waals surface area contributed by atoms with Gasteiger partial charge in [-0.1, -0.05) is 45.9 Å². The summed E-state index contributed by atoms with van der Waals surface area (Å²) in [6.45, 7) is 1.76. The minimum Gasteiger partial charge on any atom is -0.431 e. The molecule has 130 valence electrons. The molecule has 0 unspecified atom stereocenters. The lowest BCUT2D eigenvalue weighted by atomic mass is 10.1. The van der Waals surface area contributed by atoms with E-state index in [0.717, 1.165) is 4.47 Å². The highest BCUT2D eigenvalue weighted by Crippen LogP contribution is 2.31. The fraction of sp³-hybridized carbons (Fsp3) is 0.105. The molecule has 4 nitrogen and oxygen atoms in total. The van der Waals surface area contributed by atoms with Crippen LogP contribution in [0.25, 0.3) is 22.0 Å². The maximum atomic E-state index is 14.0. The summed E-state index contributed by atoms with van der Waals surface area (Å²) in [4.78, 5) is 21.0. The number of Topliss-reactive ketones (excluding diaryl/α,β-unsaturated/α-hetero) is 1. The number of hydrogen-bond acceptors (Lipinski definition) is 5. The summed E-state index contributed by atoms with van der Waals surface area (Å²) in [5, 5.41) is 0.941. The Kier molecular flexibility index (Phi) is 4.50. The standard InChI is InChI=1S/C19H12BrFN2O2S/c1-10-16-18(13-3-2-4-14(21)17(13)22-10)25-19(23-16)26-9-15(24)11-5-7-12(20)8-6-11/h2-8H,9H2,1H3. The molecule has 0 amide bonds. The molecule has 2 heterocycles. The molecule has 4 rings (SSSR count). The van der Waals surface area contributed by atoms with Gasteiger partial charge in [0, 0.05) is 15.4 Å². The zero-order valence-electron chi connectivity index (χ0n) is 13.6. The molecule has 4 aromatic rings. The first-order valence-electron chi connectivity index (χ1n) is 7.80. The number of ketones is 1. The second-order valence-corrected chi connectivity index (χ2v) is 7.55. The molecule has 0 saturated carbocycles. The first kappa shape index (κ1) is 17.2. The molecule has 0 N–H and O–H groups in total. The minimum atomic E-state index is -0.400. The Hall–Kier alpha value is -2.25. The summed E-state index contributed by atoms with van der Waals surface area (Å²) >= 11 is 4.56. The van der Waals surface area contributed by atoms with Crippen molar-refractivity contribution in [2.45, 2.75) is 12.1 Å². The van der Waals surface area contributed by atoms with Gasteiger partial charge in [0.05, 0.1) is 11.4 Å². The topological polar surface area (TPSA) is 56.0 Å². The predicted octanol–water partition coefficient (Wildman–Crippen LogP) is 5.56. The van der Waals surface area contributed by atoms with E-state index in [2.05, 4.69) is 25.9 Å². The van der Waals surface area contributed by atoms with Crippen molar-refractivity contribution in [2.75, 3.05) is 5.75 Å². The number of aromatic nitrogens is 2. The second-order valence-electron chi connectivity index (χ2n) is 5.71. The van der Waals surface area contributed by atoms with E-state index >= 15 is 0 Å². The summed E-state index contributed by atoms with van der Waals surface area (Å²) in [5.41, 5.74) is 2.55. The third-order valence-electron chi connectivity index (χ3n) is 3.95. The highest BCUT2D eigenvalue weighted by atomic mass is 79.9. The monoisotopic (exact) mass is 430 g/mol. The number of carbonyl (C=O) groups excluding carboxylic acids is 1. The van der Waals surface area contributed by atoms with Crippen molar-refractivity contribution < 1.29 is 13.6 Å². The van der Waals surface area contributed by atoms with Crippen LogP contribution >= 0.6 is 27.7 Å². The Morgan fingerprint density at radius 3 is 2.69 bits per heavy atom. The average molecular weight is 431 g/mol. The number of aryl methyl sites for hydroxylation is 1. The van der Waals surface area contributed by atoms with Crippen molar-refractivity contribution >= 4 is 55.5 Å². The summed E-state index contributed by atoms with van der Waals surface area (Å²) in [6.07, 6.45) is 0. The normalized spacial score (nSPS) is 11.3. The summed E-state index contributed by atoms with van der Waals surface area (Å²) in [6, 6.07) is 11.9. The van der Waals surface area contributed by atoms with Gasteiger partial charge in [-0.2, -0.15) is 0 Å². The van der Waals surface area contributed by atoms with Crippen LogP contribution in [0.3, 0.4) is 0 Å². The number of pyridine rings is 1. The van der Waals surface area contributed by atoms with E-state index in [1.54, 1.807) is 31.2 Å². The highest BCUT2D eigenvalue weighted by molar-refractivity contribution is 9.10. The maximum Gasteiger partial charge on any atom is 0.257 e. The van der Waals surface area contributed by atoms with E-state index in [1.165, 1.54) is 17.8 Å². The third-order valence-corrected chi connectivity index (χ3v) is 5.31. The van der Waals surface area contributed by atoms with Crippen molar-refractivity contribution in [3.8, 4) is 0 Å². The fourth-order valence-corrected chi connectivity index (χ4v) is 3.65. The van der Waals surface area contributed by atoms with Crippen molar-refractivity contribution in [2.24, 2.45) is 0 Å². The molecule has 26 heavy (non-hydrogen) atoms. The lowest BCUT2D eigenvalue weighted by molar-refractivity contribution is 0.102. The lowest BCUT2D eigenvalue weighted by Gasteiger charge is -2.00. The number of nitrogens with zero attached hydrogens (tertiary/aromatic N) is 2. The van der Waals surface area contributed by atoms with E-state index in [0.29, 0.717) is 33.0 Å². The number of hydrogen-bond donors (Lipinski definition) is 0. The van der Waals surface area contributed by atoms with Crippen LogP contribution in [-0.2, 0) is 0 Å². The van der Waals surface area contributed by atoms with Gasteiger partial charge in [0.15, 0.2) is 11.4 Å². The Morgan fingerprint density at radius 1 is 1.15 bits per heavy atom. The van der Waals surface area contributed by atoms with Gasteiger partial charge >= 0.3 is 0 Å². The van der Waals surface area contributed by atoms with E-state index in [-0.39, 0.29) is 17.1 Å². The average Bonchev–Trinajstić information content (AvgIpc) is 3.07. The summed E-state index contributed by atoms with van der Waals surface area (Å²) in [7, 11) is 0. The molecule has 0 aliphatic heterocycles. The van der Waals surface area contributed by atoms with Crippen LogP contribution in [0, 0.1) is 12.7 Å². The lowest BCUT2D eigenvalue weighted by Crippen LogP contribution is -2.01. The molecular weight excluding hydrogens is 419 g/mol. The van der Waals surface area contributed by atoms with Crippen molar-refractivity contribution in [3.05, 3.63) is 64.0 Å². The van der Waals surface area contributed by atoms with Gasteiger partial charge < -0.3 is 4.42 Å². The summed E-state index contributed by atoms with van der Waals surface area (Å²) < 4.78 is 20.7. The van der Waals surface area contributed by atoms with Gasteiger partial charge in [-0.05, 0) is 31.2 Å². The zero-order chi connectivity index (χ0) is 18.3. The van der Waals surface area contributed by atoms with Crippen LogP contribution in [0.5, 0.6) is 0 Å². The SMILES string of the molecule is Cc1nc2c(F)cccc2c2oc(SCC(=O)c3ccc(Br)cc3)nc12. The Balaban J connectivity index is 1.64. The smallest absolute Gasteiger partial charge is 0.257 e. The number of para-hydroxylation sites is 1. The number of oxazole rings is 1. The molecule has 0 spiro atoms. The van der Waals surface area contributed by atoms with Crippen molar-refractivity contribution in [3.63, 3.8) is 0 Å². The fourth-order valence-electron chi connectivity index (χ4n) is 2.67. The Morgan fingerprint density at radius 2 is 1.92 bits per heavy atom. The van der Waals surface area contributed by atoms with E-state index in [4.69, 9.17) is 4.42 Å². The first-order chi connectivity index (χ1) is 12.5. The van der Waals surface area contributed by atoms with E-state index in [9.17, 15) is 9.18 Å². The Labute approximate surface area is 160 Å². The largest absolute Gasteiger partial charge is 0.431 e. The minimum absolute atomic E-state index is 0.0181. The molecule has 2 aromatic heterocycles. The number of halogens is 2. The van der Waals surface area contributed by atoms with Crippen LogP contribution in [0.2, 0.25) is 0 Å². The Bertz CT molecular complexity index is 1140. The van der Waals surface area contributed by atoms with Gasteiger partial charge in [-0.25, -0.2) is 14.4 Å². The van der Waals surface area contributed by atoms with Crippen LogP contribution in [0.15, 0.2) is 56.6 Å². The maximum absolute atomic E-state index is 14.0. The zero-order valence-corrected chi connectivity index (χ0v) is 16.0. The van der Waals surface area contributed by atoms with Crippen LogP contribution < -0.4 is 0 Å². The van der Waals surface area contributed by atoms with E-state index < -0.39 is 5.82 Å². The number of benzene rings is 2.